The zero-order valence-electron chi connectivity index (χ0n) is 10.2. The number of carboxylic acid groups (broad SMARTS) is 1. The van der Waals surface area contributed by atoms with E-state index in [9.17, 15) is 9.59 Å². The summed E-state index contributed by atoms with van der Waals surface area (Å²) in [5.74, 6) is -1.55. The smallest absolute Gasteiger partial charge is 0.330 e. The average Bonchev–Trinajstić information content (AvgIpc) is 2.26. The van der Waals surface area contributed by atoms with Crippen LogP contribution in [-0.4, -0.2) is 17.0 Å². The van der Waals surface area contributed by atoms with E-state index >= 15 is 0 Å². The van der Waals surface area contributed by atoms with Gasteiger partial charge in [-0.25, -0.2) is 4.79 Å². The maximum atomic E-state index is 11.5. The lowest BCUT2D eigenvalue weighted by atomic mass is 10.0. The molecular formula is C13H17NO3. The minimum atomic E-state index is -1.05. The second-order valence-corrected chi connectivity index (χ2v) is 4.35. The summed E-state index contributed by atoms with van der Waals surface area (Å²) < 4.78 is 0. The summed E-state index contributed by atoms with van der Waals surface area (Å²) >= 11 is 0. The third-order valence-corrected chi connectivity index (χ3v) is 2.47. The van der Waals surface area contributed by atoms with Gasteiger partial charge in [0.25, 0.3) is 0 Å². The normalized spacial score (nSPS) is 12.2. The Hall–Kier alpha value is -1.84. The van der Waals surface area contributed by atoms with Gasteiger partial charge in [0.1, 0.15) is 0 Å². The number of carboxylic acids is 1. The van der Waals surface area contributed by atoms with Gasteiger partial charge in [-0.05, 0) is 12.5 Å². The molecule has 1 amide bonds. The summed E-state index contributed by atoms with van der Waals surface area (Å²) in [6.45, 7) is 5.37. The van der Waals surface area contributed by atoms with Crippen LogP contribution in [-0.2, 0) is 9.59 Å². The van der Waals surface area contributed by atoms with Crippen molar-refractivity contribution in [3.63, 3.8) is 0 Å². The molecule has 0 saturated carbocycles. The Balaban J connectivity index is 2.90. The van der Waals surface area contributed by atoms with Crippen molar-refractivity contribution in [2.45, 2.75) is 26.8 Å². The summed E-state index contributed by atoms with van der Waals surface area (Å²) in [7, 11) is 0. The maximum absolute atomic E-state index is 11.5. The van der Waals surface area contributed by atoms with Crippen LogP contribution in [0.25, 0.3) is 0 Å². The lowest BCUT2D eigenvalue weighted by Crippen LogP contribution is -2.36. The lowest BCUT2D eigenvalue weighted by Gasteiger charge is -2.16. The number of hydrogen-bond acceptors (Lipinski definition) is 2. The number of benzene rings is 1. The van der Waals surface area contributed by atoms with E-state index in [1.54, 1.807) is 26.0 Å². The number of carbonyl (C=O) groups excluding carboxylic acids is 1. The van der Waals surface area contributed by atoms with E-state index in [1.165, 1.54) is 0 Å². The molecule has 4 nitrogen and oxygen atoms in total. The Kier molecular flexibility index (Phi) is 4.26. The van der Waals surface area contributed by atoms with Gasteiger partial charge in [-0.3, -0.25) is 4.79 Å². The van der Waals surface area contributed by atoms with Crippen molar-refractivity contribution in [3.8, 4) is 0 Å². The molecule has 4 heteroatoms. The molecule has 0 saturated heterocycles. The van der Waals surface area contributed by atoms with E-state index in [4.69, 9.17) is 5.11 Å². The number of hydrogen-bond donors (Lipinski definition) is 2. The van der Waals surface area contributed by atoms with E-state index in [0.29, 0.717) is 5.56 Å². The summed E-state index contributed by atoms with van der Waals surface area (Å²) in [6.07, 6.45) is 0. The van der Waals surface area contributed by atoms with E-state index < -0.39 is 12.0 Å². The predicted octanol–water partition coefficient (Wildman–Crippen LogP) is 1.89. The molecule has 0 aliphatic heterocycles. The fourth-order valence-corrected chi connectivity index (χ4v) is 1.36. The molecule has 0 heterocycles. The average molecular weight is 235 g/mol. The van der Waals surface area contributed by atoms with E-state index in [2.05, 4.69) is 5.32 Å². The highest BCUT2D eigenvalue weighted by molar-refractivity contribution is 5.85. The van der Waals surface area contributed by atoms with Gasteiger partial charge in [-0.2, -0.15) is 0 Å². The first kappa shape index (κ1) is 13.2. The molecule has 0 spiro atoms. The highest BCUT2D eigenvalue weighted by Crippen LogP contribution is 2.14. The molecule has 1 unspecified atom stereocenters. The third kappa shape index (κ3) is 3.59. The molecule has 2 N–H and O–H groups in total. The Morgan fingerprint density at radius 1 is 1.18 bits per heavy atom. The van der Waals surface area contributed by atoms with Gasteiger partial charge in [0.15, 0.2) is 6.04 Å². The molecule has 0 aliphatic rings. The van der Waals surface area contributed by atoms with Crippen molar-refractivity contribution < 1.29 is 14.7 Å². The van der Waals surface area contributed by atoms with Gasteiger partial charge in [-0.15, -0.1) is 0 Å². The van der Waals surface area contributed by atoms with Crippen LogP contribution in [0.2, 0.25) is 0 Å². The van der Waals surface area contributed by atoms with Gasteiger partial charge in [0.05, 0.1) is 0 Å². The summed E-state index contributed by atoms with van der Waals surface area (Å²) in [5.41, 5.74) is 1.63. The number of aryl methyl sites for hydroxylation is 1. The fraction of sp³-hybridized carbons (Fsp3) is 0.385. The van der Waals surface area contributed by atoms with Gasteiger partial charge in [0, 0.05) is 5.92 Å². The molecule has 92 valence electrons. The van der Waals surface area contributed by atoms with E-state index in [0.717, 1.165) is 5.56 Å². The van der Waals surface area contributed by atoms with Gasteiger partial charge < -0.3 is 10.4 Å². The van der Waals surface area contributed by atoms with Crippen molar-refractivity contribution in [2.75, 3.05) is 0 Å². The molecule has 1 atom stereocenters. The van der Waals surface area contributed by atoms with Crippen molar-refractivity contribution in [3.05, 3.63) is 35.4 Å². The van der Waals surface area contributed by atoms with E-state index in [1.807, 2.05) is 19.1 Å². The van der Waals surface area contributed by atoms with Crippen LogP contribution in [0.3, 0.4) is 0 Å². The first-order valence-corrected chi connectivity index (χ1v) is 5.51. The molecule has 0 aliphatic carbocycles. The van der Waals surface area contributed by atoms with E-state index in [-0.39, 0.29) is 11.8 Å². The first-order valence-electron chi connectivity index (χ1n) is 5.51. The Morgan fingerprint density at radius 3 is 2.12 bits per heavy atom. The van der Waals surface area contributed by atoms with Crippen LogP contribution in [0.5, 0.6) is 0 Å². The summed E-state index contributed by atoms with van der Waals surface area (Å²) in [6, 6.07) is 6.11. The van der Waals surface area contributed by atoms with Crippen LogP contribution in [0, 0.1) is 12.8 Å². The van der Waals surface area contributed by atoms with Crippen molar-refractivity contribution in [1.82, 2.24) is 5.32 Å². The minimum absolute atomic E-state index is 0.234. The SMILES string of the molecule is Cc1ccc(C(NC(=O)C(C)C)C(=O)O)cc1. The Morgan fingerprint density at radius 2 is 1.71 bits per heavy atom. The van der Waals surface area contributed by atoms with Crippen LogP contribution in [0.1, 0.15) is 31.0 Å². The zero-order valence-corrected chi connectivity index (χ0v) is 10.2. The van der Waals surface area contributed by atoms with Gasteiger partial charge >= 0.3 is 5.97 Å². The number of aliphatic carboxylic acids is 1. The molecule has 1 aromatic carbocycles. The monoisotopic (exact) mass is 235 g/mol. The van der Waals surface area contributed by atoms with Gasteiger partial charge in [0.2, 0.25) is 5.91 Å². The molecule has 1 rings (SSSR count). The standard InChI is InChI=1S/C13H17NO3/c1-8(2)12(15)14-11(13(16)17)10-6-4-9(3)5-7-10/h4-8,11H,1-3H3,(H,14,15)(H,16,17). The molecule has 1 aromatic rings. The number of carbonyl (C=O) groups is 2. The van der Waals surface area contributed by atoms with Crippen molar-refractivity contribution >= 4 is 11.9 Å². The second kappa shape index (κ2) is 5.48. The first-order chi connectivity index (χ1) is 7.91. The predicted molar refractivity (Wildman–Crippen MR) is 64.5 cm³/mol. The van der Waals surface area contributed by atoms with Crippen molar-refractivity contribution in [2.24, 2.45) is 5.92 Å². The Labute approximate surface area is 101 Å². The number of amides is 1. The summed E-state index contributed by atoms with van der Waals surface area (Å²) in [5, 5.41) is 11.6. The Bertz CT molecular complexity index is 409. The third-order valence-electron chi connectivity index (χ3n) is 2.47. The highest BCUT2D eigenvalue weighted by Gasteiger charge is 2.22. The quantitative estimate of drug-likeness (QED) is 0.837. The highest BCUT2D eigenvalue weighted by atomic mass is 16.4. The number of rotatable bonds is 4. The van der Waals surface area contributed by atoms with Gasteiger partial charge in [-0.1, -0.05) is 43.7 Å². The molecule has 0 bridgehead atoms. The molecule has 0 aromatic heterocycles. The maximum Gasteiger partial charge on any atom is 0.330 e. The van der Waals surface area contributed by atoms with Crippen LogP contribution >= 0.6 is 0 Å². The second-order valence-electron chi connectivity index (χ2n) is 4.35. The fourth-order valence-electron chi connectivity index (χ4n) is 1.36. The van der Waals surface area contributed by atoms with Crippen LogP contribution in [0.4, 0.5) is 0 Å². The summed E-state index contributed by atoms with van der Waals surface area (Å²) in [4.78, 5) is 22.7. The molecule has 17 heavy (non-hydrogen) atoms. The molecule has 0 fully saturated rings. The molecule has 0 radical (unpaired) electrons. The van der Waals surface area contributed by atoms with Crippen molar-refractivity contribution in [1.29, 1.82) is 0 Å². The lowest BCUT2D eigenvalue weighted by molar-refractivity contribution is -0.142. The number of nitrogens with one attached hydrogen (secondary N) is 1. The van der Waals surface area contributed by atoms with Crippen LogP contribution in [0.15, 0.2) is 24.3 Å². The molecular weight excluding hydrogens is 218 g/mol. The zero-order chi connectivity index (χ0) is 13.0. The topological polar surface area (TPSA) is 66.4 Å². The van der Waals surface area contributed by atoms with Crippen LogP contribution < -0.4 is 5.32 Å². The minimum Gasteiger partial charge on any atom is -0.479 e. The largest absolute Gasteiger partial charge is 0.479 e.